The fourth-order valence-electron chi connectivity index (χ4n) is 3.69. The highest BCUT2D eigenvalue weighted by molar-refractivity contribution is 6.00. The van der Waals surface area contributed by atoms with Gasteiger partial charge in [0.1, 0.15) is 18.1 Å². The number of ketones is 1. The lowest BCUT2D eigenvalue weighted by atomic mass is 9.80. The van der Waals surface area contributed by atoms with Crippen LogP contribution in [0.2, 0.25) is 0 Å². The maximum Gasteiger partial charge on any atom is 0.226 e. The Morgan fingerprint density at radius 1 is 1.16 bits per heavy atom. The molecule has 3 aromatic heterocycles. The van der Waals surface area contributed by atoms with Crippen molar-refractivity contribution < 1.29 is 9.21 Å². The summed E-state index contributed by atoms with van der Waals surface area (Å²) in [4.78, 5) is 21.8. The van der Waals surface area contributed by atoms with Crippen LogP contribution >= 0.6 is 0 Å². The van der Waals surface area contributed by atoms with Crippen LogP contribution in [0.4, 0.5) is 5.95 Å². The molecule has 2 atom stereocenters. The van der Waals surface area contributed by atoms with E-state index in [0.717, 1.165) is 22.7 Å². The number of hydrogen-bond acceptors (Lipinski definition) is 6. The van der Waals surface area contributed by atoms with Crippen molar-refractivity contribution in [2.24, 2.45) is 0 Å². The predicted molar refractivity (Wildman–Crippen MR) is 88.7 cm³/mol. The second kappa shape index (κ2) is 5.41. The third-order valence-corrected chi connectivity index (χ3v) is 4.78. The van der Waals surface area contributed by atoms with Crippen LogP contribution in [-0.2, 0) is 4.79 Å². The van der Waals surface area contributed by atoms with Gasteiger partial charge in [0.2, 0.25) is 5.95 Å². The zero-order valence-corrected chi connectivity index (χ0v) is 13.3. The molecule has 0 spiro atoms. The Morgan fingerprint density at radius 3 is 2.92 bits per heavy atom. The van der Waals surface area contributed by atoms with E-state index in [1.54, 1.807) is 17.1 Å². The van der Waals surface area contributed by atoms with E-state index in [1.807, 2.05) is 30.3 Å². The van der Waals surface area contributed by atoms with Crippen LogP contribution < -0.4 is 5.32 Å². The Bertz CT molecular complexity index is 959. The molecule has 7 nitrogen and oxygen atoms in total. The van der Waals surface area contributed by atoms with Gasteiger partial charge in [-0.15, -0.1) is 0 Å². The van der Waals surface area contributed by atoms with Gasteiger partial charge < -0.3 is 9.73 Å². The standard InChI is InChI=1S/C18H15N5O2/c24-14-9-11(15-5-3-7-25-15)8-13-16(14)17(12-4-1-2-6-19-12)23-18(22-13)20-10-21-23/h1-7,10-11,17H,8-9H2,(H,20,21,22). The Morgan fingerprint density at radius 2 is 2.12 bits per heavy atom. The topological polar surface area (TPSA) is 85.8 Å². The molecular weight excluding hydrogens is 318 g/mol. The molecule has 5 rings (SSSR count). The minimum Gasteiger partial charge on any atom is -0.469 e. The van der Waals surface area contributed by atoms with Crippen molar-refractivity contribution in [1.29, 1.82) is 0 Å². The summed E-state index contributed by atoms with van der Waals surface area (Å²) in [6.45, 7) is 0. The number of furan rings is 1. The quantitative estimate of drug-likeness (QED) is 0.776. The van der Waals surface area contributed by atoms with Crippen molar-refractivity contribution >= 4 is 11.7 Å². The maximum absolute atomic E-state index is 13.0. The van der Waals surface area contributed by atoms with Crippen molar-refractivity contribution in [3.05, 3.63) is 71.8 Å². The average Bonchev–Trinajstić information content (AvgIpc) is 3.32. The SMILES string of the molecule is O=C1CC(c2ccco2)CC2=C1C(c1ccccn1)n1ncnc1N2. The van der Waals surface area contributed by atoms with Crippen LogP contribution in [0.5, 0.6) is 0 Å². The molecule has 124 valence electrons. The van der Waals surface area contributed by atoms with Crippen molar-refractivity contribution in [3.63, 3.8) is 0 Å². The summed E-state index contributed by atoms with van der Waals surface area (Å²) >= 11 is 0. The molecule has 1 N–H and O–H groups in total. The third kappa shape index (κ3) is 2.20. The van der Waals surface area contributed by atoms with E-state index < -0.39 is 0 Å². The molecule has 2 unspecified atom stereocenters. The van der Waals surface area contributed by atoms with Gasteiger partial charge in [-0.1, -0.05) is 6.07 Å². The molecule has 25 heavy (non-hydrogen) atoms. The highest BCUT2D eigenvalue weighted by atomic mass is 16.3. The molecule has 0 radical (unpaired) electrons. The number of aromatic nitrogens is 4. The van der Waals surface area contributed by atoms with Gasteiger partial charge in [-0.3, -0.25) is 9.78 Å². The van der Waals surface area contributed by atoms with E-state index in [-0.39, 0.29) is 17.7 Å². The molecule has 0 aromatic carbocycles. The number of allylic oxidation sites excluding steroid dienone is 2. The number of rotatable bonds is 2. The monoisotopic (exact) mass is 333 g/mol. The molecule has 0 amide bonds. The van der Waals surface area contributed by atoms with Crippen molar-refractivity contribution in [2.45, 2.75) is 24.8 Å². The van der Waals surface area contributed by atoms with Crippen LogP contribution in [0.15, 0.2) is 64.8 Å². The van der Waals surface area contributed by atoms with E-state index in [0.29, 0.717) is 18.8 Å². The molecule has 0 saturated carbocycles. The molecule has 0 bridgehead atoms. The lowest BCUT2D eigenvalue weighted by Gasteiger charge is -2.34. The van der Waals surface area contributed by atoms with Gasteiger partial charge in [0.15, 0.2) is 5.78 Å². The van der Waals surface area contributed by atoms with Gasteiger partial charge in [0.25, 0.3) is 0 Å². The first kappa shape index (κ1) is 14.2. The Hall–Kier alpha value is -3.22. The summed E-state index contributed by atoms with van der Waals surface area (Å²) in [7, 11) is 0. The molecule has 3 aromatic rings. The minimum atomic E-state index is -0.347. The summed E-state index contributed by atoms with van der Waals surface area (Å²) in [6.07, 6.45) is 5.98. The van der Waals surface area contributed by atoms with E-state index >= 15 is 0 Å². The number of anilines is 1. The largest absolute Gasteiger partial charge is 0.469 e. The minimum absolute atomic E-state index is 0.0348. The van der Waals surface area contributed by atoms with E-state index in [4.69, 9.17) is 4.42 Å². The van der Waals surface area contributed by atoms with Gasteiger partial charge >= 0.3 is 0 Å². The molecule has 1 aliphatic carbocycles. The summed E-state index contributed by atoms with van der Waals surface area (Å²) < 4.78 is 7.25. The van der Waals surface area contributed by atoms with Crippen LogP contribution in [0.1, 0.15) is 36.3 Å². The second-order valence-electron chi connectivity index (χ2n) is 6.25. The Balaban J connectivity index is 1.63. The van der Waals surface area contributed by atoms with E-state index in [1.165, 1.54) is 6.33 Å². The number of carbonyl (C=O) groups is 1. The van der Waals surface area contributed by atoms with Gasteiger partial charge in [-0.05, 0) is 30.7 Å². The van der Waals surface area contributed by atoms with Gasteiger partial charge in [0, 0.05) is 29.8 Å². The number of pyridine rings is 1. The van der Waals surface area contributed by atoms with Crippen molar-refractivity contribution in [2.75, 3.05) is 5.32 Å². The van der Waals surface area contributed by atoms with Crippen LogP contribution in [0.3, 0.4) is 0 Å². The maximum atomic E-state index is 13.0. The zero-order chi connectivity index (χ0) is 16.8. The molecule has 0 saturated heterocycles. The molecular formula is C18H15N5O2. The van der Waals surface area contributed by atoms with Gasteiger partial charge in [0.05, 0.1) is 12.0 Å². The first-order valence-corrected chi connectivity index (χ1v) is 8.18. The van der Waals surface area contributed by atoms with Crippen LogP contribution in [0, 0.1) is 0 Å². The predicted octanol–water partition coefficient (Wildman–Crippen LogP) is 2.68. The number of carbonyl (C=O) groups excluding carboxylic acids is 1. The Kier molecular flexibility index (Phi) is 3.06. The molecule has 1 aliphatic heterocycles. The number of hydrogen-bond donors (Lipinski definition) is 1. The third-order valence-electron chi connectivity index (χ3n) is 4.78. The smallest absolute Gasteiger partial charge is 0.226 e. The number of fused-ring (bicyclic) bond motifs is 1. The van der Waals surface area contributed by atoms with E-state index in [9.17, 15) is 4.79 Å². The Labute approximate surface area is 143 Å². The summed E-state index contributed by atoms with van der Waals surface area (Å²) in [5.74, 6) is 1.59. The zero-order valence-electron chi connectivity index (χ0n) is 13.3. The number of Topliss-reactive ketones (excluding diaryl/α,β-unsaturated/α-hetero) is 1. The first-order chi connectivity index (χ1) is 12.3. The van der Waals surface area contributed by atoms with Crippen LogP contribution in [-0.4, -0.2) is 25.5 Å². The fraction of sp³-hybridized carbons (Fsp3) is 0.222. The van der Waals surface area contributed by atoms with E-state index in [2.05, 4.69) is 20.4 Å². The highest BCUT2D eigenvalue weighted by Gasteiger charge is 2.40. The summed E-state index contributed by atoms with van der Waals surface area (Å²) in [5.41, 5.74) is 2.39. The molecule has 7 heteroatoms. The number of nitrogens with zero attached hydrogens (tertiary/aromatic N) is 4. The number of nitrogens with one attached hydrogen (secondary N) is 1. The lowest BCUT2D eigenvalue weighted by molar-refractivity contribution is -0.117. The summed E-state index contributed by atoms with van der Waals surface area (Å²) in [6, 6.07) is 9.12. The highest BCUT2D eigenvalue weighted by Crippen LogP contribution is 2.43. The van der Waals surface area contributed by atoms with Crippen LogP contribution in [0.25, 0.3) is 0 Å². The average molecular weight is 333 g/mol. The normalized spacial score (nSPS) is 22.3. The van der Waals surface area contributed by atoms with Gasteiger partial charge in [-0.25, -0.2) is 4.68 Å². The molecule has 4 heterocycles. The first-order valence-electron chi connectivity index (χ1n) is 8.18. The molecule has 2 aliphatic rings. The molecule has 0 fully saturated rings. The van der Waals surface area contributed by atoms with Crippen molar-refractivity contribution in [3.8, 4) is 0 Å². The second-order valence-corrected chi connectivity index (χ2v) is 6.25. The summed E-state index contributed by atoms with van der Waals surface area (Å²) in [5, 5.41) is 7.59. The lowest BCUT2D eigenvalue weighted by Crippen LogP contribution is -2.33. The fourth-order valence-corrected chi connectivity index (χ4v) is 3.69. The van der Waals surface area contributed by atoms with Crippen molar-refractivity contribution in [1.82, 2.24) is 19.7 Å². The van der Waals surface area contributed by atoms with Gasteiger partial charge in [-0.2, -0.15) is 10.1 Å².